The Morgan fingerprint density at radius 3 is 2.55 bits per heavy atom. The van der Waals surface area contributed by atoms with E-state index in [2.05, 4.69) is 34.4 Å². The molecule has 0 aliphatic heterocycles. The molecule has 1 heterocycles. The van der Waals surface area contributed by atoms with E-state index in [0.717, 1.165) is 43.0 Å². The highest BCUT2D eigenvalue weighted by Crippen LogP contribution is 2.22. The molecule has 2 atom stereocenters. The van der Waals surface area contributed by atoms with Crippen LogP contribution in [0.1, 0.15) is 39.2 Å². The van der Waals surface area contributed by atoms with E-state index in [1.54, 1.807) is 12.6 Å². The van der Waals surface area contributed by atoms with Crippen LogP contribution >= 0.6 is 0 Å². The SMILES string of the molecule is CCCNc1ncnc(NC(C)CS(C)=O)c1CCC. The number of hydrogen-bond acceptors (Lipinski definition) is 5. The lowest BCUT2D eigenvalue weighted by Gasteiger charge is -2.18. The van der Waals surface area contributed by atoms with Crippen molar-refractivity contribution in [2.24, 2.45) is 0 Å². The molecule has 2 unspecified atom stereocenters. The zero-order chi connectivity index (χ0) is 15.0. The van der Waals surface area contributed by atoms with Crippen molar-refractivity contribution in [1.29, 1.82) is 0 Å². The molecule has 5 nitrogen and oxygen atoms in total. The first kappa shape index (κ1) is 16.9. The normalized spacial score (nSPS) is 13.8. The number of nitrogens with zero attached hydrogens (tertiary/aromatic N) is 2. The lowest BCUT2D eigenvalue weighted by atomic mass is 10.1. The van der Waals surface area contributed by atoms with Crippen LogP contribution in [0.5, 0.6) is 0 Å². The standard InChI is InChI=1S/C14H26N4OS/c1-5-7-12-13(15-8-6-2)16-10-17-14(12)18-11(3)9-20(4)19/h10-11H,5-9H2,1-4H3,(H2,15,16,17,18). The summed E-state index contributed by atoms with van der Waals surface area (Å²) in [5.74, 6) is 2.39. The first-order valence-electron chi connectivity index (χ1n) is 7.22. The molecule has 0 aliphatic rings. The maximum absolute atomic E-state index is 11.3. The quantitative estimate of drug-likeness (QED) is 0.733. The smallest absolute Gasteiger partial charge is 0.134 e. The molecule has 0 saturated carbocycles. The Morgan fingerprint density at radius 2 is 1.95 bits per heavy atom. The van der Waals surface area contributed by atoms with Gasteiger partial charge in [0.05, 0.1) is 0 Å². The summed E-state index contributed by atoms with van der Waals surface area (Å²) in [7, 11) is -0.811. The molecular formula is C14H26N4OS. The van der Waals surface area contributed by atoms with Crippen molar-refractivity contribution in [2.45, 2.75) is 46.1 Å². The van der Waals surface area contributed by atoms with Gasteiger partial charge in [-0.1, -0.05) is 20.3 Å². The van der Waals surface area contributed by atoms with Crippen LogP contribution in [-0.2, 0) is 17.2 Å². The Balaban J connectivity index is 2.90. The van der Waals surface area contributed by atoms with E-state index in [9.17, 15) is 4.21 Å². The molecule has 1 rings (SSSR count). The molecule has 0 spiro atoms. The summed E-state index contributed by atoms with van der Waals surface area (Å²) in [6.45, 7) is 7.20. The van der Waals surface area contributed by atoms with E-state index >= 15 is 0 Å². The predicted octanol–water partition coefficient (Wildman–Crippen LogP) is 2.43. The number of rotatable bonds is 9. The summed E-state index contributed by atoms with van der Waals surface area (Å²) in [4.78, 5) is 8.69. The summed E-state index contributed by atoms with van der Waals surface area (Å²) in [6.07, 6.45) is 6.33. The van der Waals surface area contributed by atoms with Crippen LogP contribution in [0.4, 0.5) is 11.6 Å². The van der Waals surface area contributed by atoms with E-state index in [-0.39, 0.29) is 6.04 Å². The van der Waals surface area contributed by atoms with Gasteiger partial charge >= 0.3 is 0 Å². The van der Waals surface area contributed by atoms with Gasteiger partial charge < -0.3 is 10.6 Å². The molecule has 6 heteroatoms. The van der Waals surface area contributed by atoms with E-state index in [0.29, 0.717) is 5.75 Å². The largest absolute Gasteiger partial charge is 0.370 e. The van der Waals surface area contributed by atoms with Gasteiger partial charge in [0.2, 0.25) is 0 Å². The molecule has 0 radical (unpaired) electrons. The van der Waals surface area contributed by atoms with Crippen LogP contribution in [0.25, 0.3) is 0 Å². The van der Waals surface area contributed by atoms with E-state index in [1.165, 1.54) is 0 Å². The third-order valence-electron chi connectivity index (χ3n) is 2.86. The minimum absolute atomic E-state index is 0.130. The van der Waals surface area contributed by atoms with Gasteiger partial charge in [0.15, 0.2) is 0 Å². The second-order valence-electron chi connectivity index (χ2n) is 5.01. The van der Waals surface area contributed by atoms with Crippen LogP contribution in [0.15, 0.2) is 6.33 Å². The zero-order valence-electron chi connectivity index (χ0n) is 12.9. The fraction of sp³-hybridized carbons (Fsp3) is 0.714. The predicted molar refractivity (Wildman–Crippen MR) is 86.8 cm³/mol. The van der Waals surface area contributed by atoms with Crippen molar-refractivity contribution in [3.05, 3.63) is 11.9 Å². The van der Waals surface area contributed by atoms with Gasteiger partial charge in [-0.2, -0.15) is 0 Å². The third-order valence-corrected chi connectivity index (χ3v) is 3.83. The van der Waals surface area contributed by atoms with Crippen molar-refractivity contribution in [1.82, 2.24) is 9.97 Å². The highest BCUT2D eigenvalue weighted by atomic mass is 32.2. The Hall–Kier alpha value is -1.17. The average Bonchev–Trinajstić information content (AvgIpc) is 2.38. The molecule has 1 aromatic heterocycles. The van der Waals surface area contributed by atoms with Crippen LogP contribution in [0, 0.1) is 0 Å². The number of nitrogens with one attached hydrogen (secondary N) is 2. The van der Waals surface area contributed by atoms with Gasteiger partial charge in [-0.05, 0) is 19.8 Å². The van der Waals surface area contributed by atoms with E-state index < -0.39 is 10.8 Å². The minimum Gasteiger partial charge on any atom is -0.370 e. The fourth-order valence-electron chi connectivity index (χ4n) is 2.05. The van der Waals surface area contributed by atoms with Crippen molar-refractivity contribution >= 4 is 22.4 Å². The Morgan fingerprint density at radius 1 is 1.25 bits per heavy atom. The first-order valence-corrected chi connectivity index (χ1v) is 8.95. The molecule has 0 bridgehead atoms. The van der Waals surface area contributed by atoms with Gasteiger partial charge in [0.25, 0.3) is 0 Å². The Kier molecular flexibility index (Phi) is 7.51. The Labute approximate surface area is 124 Å². The van der Waals surface area contributed by atoms with E-state index in [4.69, 9.17) is 0 Å². The van der Waals surface area contributed by atoms with Crippen LogP contribution in [0.3, 0.4) is 0 Å². The summed E-state index contributed by atoms with van der Waals surface area (Å²) < 4.78 is 11.3. The lowest BCUT2D eigenvalue weighted by molar-refractivity contribution is 0.682. The zero-order valence-corrected chi connectivity index (χ0v) is 13.7. The molecule has 20 heavy (non-hydrogen) atoms. The Bertz CT molecular complexity index is 439. The summed E-state index contributed by atoms with van der Waals surface area (Å²) >= 11 is 0. The van der Waals surface area contributed by atoms with Crippen LogP contribution in [-0.4, -0.2) is 38.8 Å². The molecule has 0 aliphatic carbocycles. The van der Waals surface area contributed by atoms with Gasteiger partial charge in [-0.15, -0.1) is 0 Å². The molecule has 0 saturated heterocycles. The minimum atomic E-state index is -0.811. The summed E-state index contributed by atoms with van der Waals surface area (Å²) in [6, 6.07) is 0.130. The molecule has 1 aromatic rings. The van der Waals surface area contributed by atoms with Gasteiger partial charge in [0, 0.05) is 41.0 Å². The van der Waals surface area contributed by atoms with Crippen molar-refractivity contribution < 1.29 is 4.21 Å². The highest BCUT2D eigenvalue weighted by molar-refractivity contribution is 7.84. The second kappa shape index (κ2) is 8.89. The molecule has 0 aromatic carbocycles. The van der Waals surface area contributed by atoms with Crippen molar-refractivity contribution in [2.75, 3.05) is 29.2 Å². The first-order chi connectivity index (χ1) is 9.58. The van der Waals surface area contributed by atoms with Gasteiger partial charge in [-0.3, -0.25) is 4.21 Å². The molecule has 0 amide bonds. The summed E-state index contributed by atoms with van der Waals surface area (Å²) in [5, 5.41) is 6.71. The van der Waals surface area contributed by atoms with Gasteiger partial charge in [0.1, 0.15) is 18.0 Å². The van der Waals surface area contributed by atoms with E-state index in [1.807, 2.05) is 6.92 Å². The maximum Gasteiger partial charge on any atom is 0.134 e. The molecule has 114 valence electrons. The summed E-state index contributed by atoms with van der Waals surface area (Å²) in [5.41, 5.74) is 1.12. The molecule has 0 fully saturated rings. The monoisotopic (exact) mass is 298 g/mol. The number of anilines is 2. The van der Waals surface area contributed by atoms with Crippen molar-refractivity contribution in [3.63, 3.8) is 0 Å². The highest BCUT2D eigenvalue weighted by Gasteiger charge is 2.13. The topological polar surface area (TPSA) is 66.9 Å². The lowest BCUT2D eigenvalue weighted by Crippen LogP contribution is -2.24. The maximum atomic E-state index is 11.3. The average molecular weight is 298 g/mol. The molecule has 2 N–H and O–H groups in total. The van der Waals surface area contributed by atoms with Crippen molar-refractivity contribution in [3.8, 4) is 0 Å². The van der Waals surface area contributed by atoms with Gasteiger partial charge in [-0.25, -0.2) is 9.97 Å². The third kappa shape index (κ3) is 5.45. The second-order valence-corrected chi connectivity index (χ2v) is 6.49. The molecular weight excluding hydrogens is 272 g/mol. The van der Waals surface area contributed by atoms with Crippen LogP contribution in [0.2, 0.25) is 0 Å². The fourth-order valence-corrected chi connectivity index (χ4v) is 2.83. The number of hydrogen-bond donors (Lipinski definition) is 2. The van der Waals surface area contributed by atoms with Crippen LogP contribution < -0.4 is 10.6 Å². The number of aromatic nitrogens is 2.